The predicted octanol–water partition coefficient (Wildman–Crippen LogP) is 11.0. The number of piperazine rings is 1. The van der Waals surface area contributed by atoms with E-state index in [0.29, 0.717) is 11.8 Å². The first-order valence-corrected chi connectivity index (χ1v) is 14.9. The molecule has 252 valence electrons. The first-order chi connectivity index (χ1) is 18.2. The number of carbonyl (C=O) groups excluding carboxylic acids is 2. The van der Waals surface area contributed by atoms with Crippen LogP contribution in [0.25, 0.3) is 0 Å². The molecule has 0 bridgehead atoms. The molecule has 4 nitrogen and oxygen atoms in total. The van der Waals surface area contributed by atoms with Gasteiger partial charge in [-0.3, -0.25) is 9.59 Å². The standard InChI is InChI=1S/C16H24N2O.C15H22O.2C2H6.4CH4/c1-13(19)17-9-11-18(12-10-17)15-7-5-14(6-8-15)16(2,3)4;1-12(16)11-14-7-5-13(6-8-14)9-10-15(2,3)4;2*1-2;;;;/h5-8H,9-12H2,1-4H3;5-8H,9-11H2,1-4H3;2*1-2H3;4*1H4. The predicted molar refractivity (Wildman–Crippen MR) is 198 cm³/mol. The van der Waals surface area contributed by atoms with Crippen LogP contribution in [0.3, 0.4) is 0 Å². The Morgan fingerprint density at radius 1 is 0.651 bits per heavy atom. The summed E-state index contributed by atoms with van der Waals surface area (Å²) in [6.07, 6.45) is 2.86. The van der Waals surface area contributed by atoms with Crippen molar-refractivity contribution in [3.8, 4) is 0 Å². The van der Waals surface area contributed by atoms with Gasteiger partial charge in [0.1, 0.15) is 5.78 Å². The lowest BCUT2D eigenvalue weighted by Crippen LogP contribution is -2.48. The minimum atomic E-state index is 0. The molecule has 1 saturated heterocycles. The van der Waals surface area contributed by atoms with Crippen LogP contribution in [0.15, 0.2) is 48.5 Å². The van der Waals surface area contributed by atoms with Gasteiger partial charge in [-0.1, -0.05) is 135 Å². The molecule has 4 heteroatoms. The van der Waals surface area contributed by atoms with Crippen molar-refractivity contribution in [1.82, 2.24) is 4.90 Å². The number of hydrogen-bond donors (Lipinski definition) is 0. The molecular weight excluding hydrogens is 528 g/mol. The molecule has 0 N–H and O–H groups in total. The monoisotopic (exact) mass is 603 g/mol. The van der Waals surface area contributed by atoms with Crippen LogP contribution in [-0.4, -0.2) is 42.8 Å². The summed E-state index contributed by atoms with van der Waals surface area (Å²) in [6, 6.07) is 17.3. The Morgan fingerprint density at radius 3 is 1.42 bits per heavy atom. The van der Waals surface area contributed by atoms with E-state index in [-0.39, 0.29) is 46.8 Å². The quantitative estimate of drug-likeness (QED) is 0.342. The fraction of sp³-hybridized carbons (Fsp3) is 0.641. The zero-order valence-electron chi connectivity index (χ0n) is 27.3. The minimum Gasteiger partial charge on any atom is -0.368 e. The lowest BCUT2D eigenvalue weighted by atomic mass is 9.87. The third-order valence-electron chi connectivity index (χ3n) is 6.46. The highest BCUT2D eigenvalue weighted by Gasteiger charge is 2.19. The Morgan fingerprint density at radius 2 is 1.07 bits per heavy atom. The maximum absolute atomic E-state index is 11.3. The average molecular weight is 603 g/mol. The number of hydrogen-bond acceptors (Lipinski definition) is 3. The van der Waals surface area contributed by atoms with E-state index in [9.17, 15) is 9.59 Å². The van der Waals surface area contributed by atoms with E-state index in [2.05, 4.69) is 95.0 Å². The molecule has 1 aliphatic heterocycles. The number of benzene rings is 2. The molecule has 0 aliphatic carbocycles. The number of rotatable bonds is 5. The summed E-state index contributed by atoms with van der Waals surface area (Å²) in [5.41, 5.74) is 5.69. The summed E-state index contributed by atoms with van der Waals surface area (Å²) in [5.74, 6) is 0.408. The van der Waals surface area contributed by atoms with Crippen LogP contribution < -0.4 is 4.90 Å². The molecule has 1 amide bonds. The normalized spacial score (nSPS) is 11.9. The fourth-order valence-electron chi connectivity index (χ4n) is 4.08. The maximum atomic E-state index is 11.3. The van der Waals surface area contributed by atoms with Gasteiger partial charge in [-0.05, 0) is 59.4 Å². The molecule has 1 heterocycles. The SMILES string of the molecule is C.C.C.C.CC.CC.CC(=O)Cc1ccc(CCC(C)(C)C)cc1.CC(=O)N1CCN(c2ccc(C(C)(C)C)cc2)CC1. The van der Waals surface area contributed by atoms with Gasteiger partial charge in [-0.2, -0.15) is 0 Å². The smallest absolute Gasteiger partial charge is 0.219 e. The molecule has 0 atom stereocenters. The summed E-state index contributed by atoms with van der Waals surface area (Å²) in [7, 11) is 0. The van der Waals surface area contributed by atoms with Gasteiger partial charge in [0.15, 0.2) is 0 Å². The Labute approximate surface area is 270 Å². The summed E-state index contributed by atoms with van der Waals surface area (Å²) in [6.45, 7) is 28.3. The topological polar surface area (TPSA) is 40.6 Å². The highest BCUT2D eigenvalue weighted by Crippen LogP contribution is 2.25. The van der Waals surface area contributed by atoms with Crippen molar-refractivity contribution in [3.05, 3.63) is 65.2 Å². The Bertz CT molecular complexity index is 941. The van der Waals surface area contributed by atoms with Crippen molar-refractivity contribution in [3.63, 3.8) is 0 Å². The molecule has 1 fully saturated rings. The molecule has 0 saturated carbocycles. The fourth-order valence-corrected chi connectivity index (χ4v) is 4.08. The van der Waals surface area contributed by atoms with Crippen LogP contribution in [0.4, 0.5) is 5.69 Å². The number of Topliss-reactive ketones (excluding diaryl/α,β-unsaturated/α-hetero) is 1. The van der Waals surface area contributed by atoms with Gasteiger partial charge in [0.25, 0.3) is 0 Å². The number of carbonyl (C=O) groups is 2. The Balaban J connectivity index is -0.000000187. The van der Waals surface area contributed by atoms with E-state index in [0.717, 1.165) is 38.2 Å². The average Bonchev–Trinajstić information content (AvgIpc) is 2.90. The highest BCUT2D eigenvalue weighted by molar-refractivity contribution is 5.78. The van der Waals surface area contributed by atoms with Crippen LogP contribution in [0.5, 0.6) is 0 Å². The molecule has 2 aromatic carbocycles. The van der Waals surface area contributed by atoms with Gasteiger partial charge in [-0.25, -0.2) is 0 Å². The van der Waals surface area contributed by atoms with Crippen LogP contribution in [0.1, 0.15) is 136 Å². The third kappa shape index (κ3) is 20.8. The maximum Gasteiger partial charge on any atom is 0.219 e. The van der Waals surface area contributed by atoms with E-state index in [1.54, 1.807) is 13.8 Å². The van der Waals surface area contributed by atoms with Crippen LogP contribution >= 0.6 is 0 Å². The molecule has 2 aromatic rings. The van der Waals surface area contributed by atoms with Gasteiger partial charge < -0.3 is 9.80 Å². The van der Waals surface area contributed by atoms with E-state index in [4.69, 9.17) is 0 Å². The van der Waals surface area contributed by atoms with Crippen LogP contribution in [0.2, 0.25) is 0 Å². The first-order valence-electron chi connectivity index (χ1n) is 14.9. The van der Waals surface area contributed by atoms with Gasteiger partial charge >= 0.3 is 0 Å². The number of nitrogens with zero attached hydrogens (tertiary/aromatic N) is 2. The van der Waals surface area contributed by atoms with Crippen molar-refractivity contribution in [2.24, 2.45) is 5.41 Å². The number of aryl methyl sites for hydroxylation is 1. The molecule has 0 aromatic heterocycles. The number of ketones is 1. The highest BCUT2D eigenvalue weighted by atomic mass is 16.2. The van der Waals surface area contributed by atoms with Crippen LogP contribution in [0, 0.1) is 5.41 Å². The molecule has 0 radical (unpaired) electrons. The van der Waals surface area contributed by atoms with Gasteiger partial charge in [0.05, 0.1) is 0 Å². The molecular formula is C39H74N2O2. The second-order valence-corrected chi connectivity index (χ2v) is 12.0. The number of amides is 1. The van der Waals surface area contributed by atoms with E-state index in [1.165, 1.54) is 23.2 Å². The zero-order valence-corrected chi connectivity index (χ0v) is 27.3. The largest absolute Gasteiger partial charge is 0.368 e. The summed E-state index contributed by atoms with van der Waals surface area (Å²) in [4.78, 5) is 26.5. The molecule has 0 unspecified atom stereocenters. The Hall–Kier alpha value is -2.62. The summed E-state index contributed by atoms with van der Waals surface area (Å²) >= 11 is 0. The molecule has 43 heavy (non-hydrogen) atoms. The van der Waals surface area contributed by atoms with E-state index in [1.807, 2.05) is 32.6 Å². The Kier molecular flexibility index (Phi) is 28.8. The lowest BCUT2D eigenvalue weighted by molar-refractivity contribution is -0.129. The lowest BCUT2D eigenvalue weighted by Gasteiger charge is -2.35. The first kappa shape index (κ1) is 50.0. The molecule has 0 spiro atoms. The van der Waals surface area contributed by atoms with Gasteiger partial charge in [0.2, 0.25) is 5.91 Å². The van der Waals surface area contributed by atoms with E-state index >= 15 is 0 Å². The van der Waals surface area contributed by atoms with Gasteiger partial charge in [-0.15, -0.1) is 0 Å². The second kappa shape index (κ2) is 24.8. The molecule has 3 rings (SSSR count). The summed E-state index contributed by atoms with van der Waals surface area (Å²) < 4.78 is 0. The van der Waals surface area contributed by atoms with Crippen molar-refractivity contribution < 1.29 is 9.59 Å². The minimum absolute atomic E-state index is 0. The molecule has 1 aliphatic rings. The second-order valence-electron chi connectivity index (χ2n) is 12.0. The summed E-state index contributed by atoms with van der Waals surface area (Å²) in [5, 5.41) is 0. The van der Waals surface area contributed by atoms with Crippen molar-refractivity contribution in [2.75, 3.05) is 31.1 Å². The third-order valence-corrected chi connectivity index (χ3v) is 6.46. The van der Waals surface area contributed by atoms with Crippen molar-refractivity contribution in [2.45, 2.75) is 137 Å². The van der Waals surface area contributed by atoms with Crippen LogP contribution in [-0.2, 0) is 27.8 Å². The zero-order chi connectivity index (χ0) is 30.2. The number of anilines is 1. The van der Waals surface area contributed by atoms with Crippen molar-refractivity contribution in [1.29, 1.82) is 0 Å². The van der Waals surface area contributed by atoms with Crippen molar-refractivity contribution >= 4 is 17.4 Å². The van der Waals surface area contributed by atoms with Gasteiger partial charge in [0, 0.05) is 45.2 Å². The van der Waals surface area contributed by atoms with E-state index < -0.39 is 0 Å².